The number of nitrogens with zero attached hydrogens (tertiary/aromatic N) is 1. The van der Waals surface area contributed by atoms with E-state index in [9.17, 15) is 4.79 Å². The summed E-state index contributed by atoms with van der Waals surface area (Å²) in [6, 6.07) is 7.18. The molecule has 0 N–H and O–H groups in total. The average molecular weight is 251 g/mol. The lowest BCUT2D eigenvalue weighted by molar-refractivity contribution is -0.132. The van der Waals surface area contributed by atoms with Crippen molar-refractivity contribution in [1.82, 2.24) is 4.90 Å². The van der Waals surface area contributed by atoms with Crippen LogP contribution < -0.4 is 9.47 Å². The van der Waals surface area contributed by atoms with Gasteiger partial charge in [-0.2, -0.15) is 0 Å². The Labute approximate surface area is 108 Å². The van der Waals surface area contributed by atoms with Gasteiger partial charge in [-0.1, -0.05) is 13.8 Å². The molecule has 1 aromatic carbocycles. The van der Waals surface area contributed by atoms with E-state index < -0.39 is 0 Å². The van der Waals surface area contributed by atoms with Crippen molar-refractivity contribution in [3.05, 3.63) is 24.3 Å². The fraction of sp³-hybridized carbons (Fsp3) is 0.500. The third kappa shape index (κ3) is 4.65. The fourth-order valence-electron chi connectivity index (χ4n) is 1.58. The molecule has 0 heterocycles. The summed E-state index contributed by atoms with van der Waals surface area (Å²) in [7, 11) is 3.40. The van der Waals surface area contributed by atoms with Crippen LogP contribution in [-0.2, 0) is 4.79 Å². The Morgan fingerprint density at radius 1 is 1.22 bits per heavy atom. The van der Waals surface area contributed by atoms with Gasteiger partial charge in [-0.25, -0.2) is 0 Å². The molecule has 0 saturated heterocycles. The second-order valence-electron chi connectivity index (χ2n) is 4.63. The normalized spacial score (nSPS) is 10.3. The van der Waals surface area contributed by atoms with Gasteiger partial charge in [0.05, 0.1) is 7.11 Å². The van der Waals surface area contributed by atoms with Crippen LogP contribution in [0.15, 0.2) is 24.3 Å². The molecular formula is C14H21NO3. The molecule has 0 bridgehead atoms. The van der Waals surface area contributed by atoms with E-state index in [4.69, 9.17) is 9.47 Å². The van der Waals surface area contributed by atoms with Crippen molar-refractivity contribution in [3.8, 4) is 11.5 Å². The van der Waals surface area contributed by atoms with E-state index in [2.05, 4.69) is 13.8 Å². The van der Waals surface area contributed by atoms with Crippen molar-refractivity contribution < 1.29 is 14.3 Å². The molecule has 0 atom stereocenters. The summed E-state index contributed by atoms with van der Waals surface area (Å²) in [5.74, 6) is 1.88. The van der Waals surface area contributed by atoms with E-state index >= 15 is 0 Å². The molecule has 100 valence electrons. The molecular weight excluding hydrogens is 230 g/mol. The highest BCUT2D eigenvalue weighted by molar-refractivity contribution is 5.77. The predicted octanol–water partition coefficient (Wildman–Crippen LogP) is 2.19. The van der Waals surface area contributed by atoms with E-state index in [0.717, 1.165) is 12.3 Å². The minimum absolute atomic E-state index is 0.0143. The van der Waals surface area contributed by atoms with E-state index in [1.54, 1.807) is 43.3 Å². The number of hydrogen-bond acceptors (Lipinski definition) is 3. The standard InChI is InChI=1S/C14H21NO3/c1-11(2)9-15(3)14(16)10-18-13-7-5-12(17-4)6-8-13/h5-8,11H,9-10H2,1-4H3. The minimum atomic E-state index is -0.0143. The third-order valence-corrected chi connectivity index (χ3v) is 2.49. The number of carbonyl (C=O) groups is 1. The molecule has 4 heteroatoms. The molecule has 1 rings (SSSR count). The maximum absolute atomic E-state index is 11.8. The van der Waals surface area contributed by atoms with Crippen molar-refractivity contribution in [2.75, 3.05) is 27.3 Å². The van der Waals surface area contributed by atoms with Gasteiger partial charge in [0.2, 0.25) is 0 Å². The fourth-order valence-corrected chi connectivity index (χ4v) is 1.58. The lowest BCUT2D eigenvalue weighted by Crippen LogP contribution is -2.34. The second kappa shape index (κ2) is 6.89. The summed E-state index contributed by atoms with van der Waals surface area (Å²) < 4.78 is 10.5. The first-order valence-electron chi connectivity index (χ1n) is 6.03. The van der Waals surface area contributed by atoms with Crippen LogP contribution in [0.5, 0.6) is 11.5 Å². The molecule has 0 aliphatic carbocycles. The van der Waals surface area contributed by atoms with Crippen LogP contribution in [0, 0.1) is 5.92 Å². The highest BCUT2D eigenvalue weighted by Gasteiger charge is 2.10. The van der Waals surface area contributed by atoms with Gasteiger partial charge in [0, 0.05) is 13.6 Å². The smallest absolute Gasteiger partial charge is 0.260 e. The van der Waals surface area contributed by atoms with E-state index in [0.29, 0.717) is 11.7 Å². The van der Waals surface area contributed by atoms with Crippen molar-refractivity contribution in [2.24, 2.45) is 5.92 Å². The largest absolute Gasteiger partial charge is 0.497 e. The molecule has 0 radical (unpaired) electrons. The van der Waals surface area contributed by atoms with E-state index in [1.807, 2.05) is 0 Å². The monoisotopic (exact) mass is 251 g/mol. The van der Waals surface area contributed by atoms with Crippen molar-refractivity contribution in [3.63, 3.8) is 0 Å². The SMILES string of the molecule is COc1ccc(OCC(=O)N(C)CC(C)C)cc1. The quantitative estimate of drug-likeness (QED) is 0.778. The Morgan fingerprint density at radius 2 is 1.78 bits per heavy atom. The van der Waals surface area contributed by atoms with Crippen LogP contribution >= 0.6 is 0 Å². The number of amides is 1. The van der Waals surface area contributed by atoms with Crippen LogP contribution in [0.1, 0.15) is 13.8 Å². The maximum atomic E-state index is 11.8. The Balaban J connectivity index is 2.41. The number of hydrogen-bond donors (Lipinski definition) is 0. The van der Waals surface area contributed by atoms with Gasteiger partial charge in [0.25, 0.3) is 5.91 Å². The number of benzene rings is 1. The first-order chi connectivity index (χ1) is 8.52. The Bertz CT molecular complexity index is 373. The topological polar surface area (TPSA) is 38.8 Å². The predicted molar refractivity (Wildman–Crippen MR) is 71.0 cm³/mol. The lowest BCUT2D eigenvalue weighted by Gasteiger charge is -2.19. The van der Waals surface area contributed by atoms with Gasteiger partial charge in [0.15, 0.2) is 6.61 Å². The van der Waals surface area contributed by atoms with E-state index in [1.165, 1.54) is 0 Å². The molecule has 0 aliphatic heterocycles. The van der Waals surface area contributed by atoms with Gasteiger partial charge in [-0.3, -0.25) is 4.79 Å². The zero-order valence-electron chi connectivity index (χ0n) is 11.5. The number of methoxy groups -OCH3 is 1. The number of rotatable bonds is 6. The van der Waals surface area contributed by atoms with Crippen LogP contribution in [0.2, 0.25) is 0 Å². The zero-order valence-corrected chi connectivity index (χ0v) is 11.5. The van der Waals surface area contributed by atoms with E-state index in [-0.39, 0.29) is 12.5 Å². The van der Waals surface area contributed by atoms with Crippen molar-refractivity contribution >= 4 is 5.91 Å². The van der Waals surface area contributed by atoms with Crippen LogP contribution in [0.25, 0.3) is 0 Å². The molecule has 18 heavy (non-hydrogen) atoms. The highest BCUT2D eigenvalue weighted by atomic mass is 16.5. The molecule has 1 amide bonds. The minimum Gasteiger partial charge on any atom is -0.497 e. The highest BCUT2D eigenvalue weighted by Crippen LogP contribution is 2.16. The third-order valence-electron chi connectivity index (χ3n) is 2.49. The summed E-state index contributed by atoms with van der Waals surface area (Å²) in [6.45, 7) is 4.96. The molecule has 0 saturated carbocycles. The summed E-state index contributed by atoms with van der Waals surface area (Å²) in [6.07, 6.45) is 0. The van der Waals surface area contributed by atoms with Crippen molar-refractivity contribution in [2.45, 2.75) is 13.8 Å². The van der Waals surface area contributed by atoms with Gasteiger partial charge in [0.1, 0.15) is 11.5 Å². The van der Waals surface area contributed by atoms with Crippen molar-refractivity contribution in [1.29, 1.82) is 0 Å². The van der Waals surface area contributed by atoms with Gasteiger partial charge in [-0.15, -0.1) is 0 Å². The Kier molecular flexibility index (Phi) is 5.49. The summed E-state index contributed by atoms with van der Waals surface area (Å²) >= 11 is 0. The molecule has 0 aromatic heterocycles. The van der Waals surface area contributed by atoms with Gasteiger partial charge < -0.3 is 14.4 Å². The number of likely N-dealkylation sites (N-methyl/N-ethyl adjacent to an activating group) is 1. The summed E-state index contributed by atoms with van der Waals surface area (Å²) in [5, 5.41) is 0. The Hall–Kier alpha value is -1.71. The maximum Gasteiger partial charge on any atom is 0.260 e. The lowest BCUT2D eigenvalue weighted by atomic mass is 10.2. The molecule has 0 spiro atoms. The Morgan fingerprint density at radius 3 is 2.28 bits per heavy atom. The second-order valence-corrected chi connectivity index (χ2v) is 4.63. The molecule has 0 fully saturated rings. The number of ether oxygens (including phenoxy) is 2. The molecule has 1 aromatic rings. The van der Waals surface area contributed by atoms with Gasteiger partial charge >= 0.3 is 0 Å². The summed E-state index contributed by atoms with van der Waals surface area (Å²) in [5.41, 5.74) is 0. The molecule has 4 nitrogen and oxygen atoms in total. The number of carbonyl (C=O) groups excluding carboxylic acids is 1. The first-order valence-corrected chi connectivity index (χ1v) is 6.03. The van der Waals surface area contributed by atoms with Crippen LogP contribution in [0.3, 0.4) is 0 Å². The first kappa shape index (κ1) is 14.4. The van der Waals surface area contributed by atoms with Crippen LogP contribution in [-0.4, -0.2) is 38.1 Å². The molecule has 0 aliphatic rings. The summed E-state index contributed by atoms with van der Waals surface area (Å²) in [4.78, 5) is 13.4. The van der Waals surface area contributed by atoms with Gasteiger partial charge in [-0.05, 0) is 30.2 Å². The molecule has 0 unspecified atom stereocenters. The zero-order chi connectivity index (χ0) is 13.5. The average Bonchev–Trinajstić information content (AvgIpc) is 2.35. The van der Waals surface area contributed by atoms with Crippen LogP contribution in [0.4, 0.5) is 0 Å².